The second-order valence-corrected chi connectivity index (χ2v) is 8.63. The molecule has 0 atom stereocenters. The minimum absolute atomic E-state index is 0.168. The second-order valence-electron chi connectivity index (χ2n) is 7.78. The fraction of sp³-hybridized carbons (Fsp3) is 0.333. The van der Waals surface area contributed by atoms with Crippen LogP contribution in [-0.4, -0.2) is 25.3 Å². The van der Waals surface area contributed by atoms with E-state index >= 15 is 0 Å². The summed E-state index contributed by atoms with van der Waals surface area (Å²) >= 11 is 3.58. The average molecular weight is 511 g/mol. The number of hydrogen-bond acceptors (Lipinski definition) is 4. The number of halogens is 1. The van der Waals surface area contributed by atoms with Crippen LogP contribution in [0.25, 0.3) is 10.8 Å². The first-order valence-electron chi connectivity index (χ1n) is 11.5. The number of carbonyl (C=O) groups is 1. The van der Waals surface area contributed by atoms with E-state index in [4.69, 9.17) is 9.47 Å². The van der Waals surface area contributed by atoms with Gasteiger partial charge in [-0.1, -0.05) is 68.7 Å². The number of nitrogens with zero attached hydrogens (tertiary/aromatic N) is 1. The first-order valence-corrected chi connectivity index (χ1v) is 12.3. The summed E-state index contributed by atoms with van der Waals surface area (Å²) in [7, 11) is 0. The molecule has 3 aromatic carbocycles. The number of hydrogen-bond donors (Lipinski definition) is 1. The van der Waals surface area contributed by atoms with Crippen molar-refractivity contribution >= 4 is 38.8 Å². The smallest absolute Gasteiger partial charge is 0.244 e. The Kier molecular flexibility index (Phi) is 9.76. The van der Waals surface area contributed by atoms with E-state index in [1.807, 2.05) is 61.5 Å². The van der Waals surface area contributed by atoms with E-state index in [0.29, 0.717) is 24.7 Å². The third-order valence-corrected chi connectivity index (χ3v) is 5.80. The van der Waals surface area contributed by atoms with Crippen molar-refractivity contribution in [2.45, 2.75) is 46.0 Å². The molecule has 33 heavy (non-hydrogen) atoms. The van der Waals surface area contributed by atoms with Crippen LogP contribution in [0.2, 0.25) is 0 Å². The molecule has 0 heterocycles. The number of hydrazone groups is 1. The maximum absolute atomic E-state index is 12.5. The number of rotatable bonds is 12. The quantitative estimate of drug-likeness (QED) is 0.168. The topological polar surface area (TPSA) is 59.9 Å². The molecule has 1 N–H and O–H groups in total. The number of fused-ring (bicyclic) bond motifs is 1. The Morgan fingerprint density at radius 2 is 1.85 bits per heavy atom. The molecule has 0 bridgehead atoms. The zero-order chi connectivity index (χ0) is 23.5. The SMILES string of the molecule is CCCCCCOc1c(Br)cc(/C=N/NC(=O)Cc2cccc3ccccc23)cc1OCC. The van der Waals surface area contributed by atoms with Gasteiger partial charge < -0.3 is 9.47 Å². The number of unbranched alkanes of at least 4 members (excludes halogenated alkanes) is 3. The zero-order valence-electron chi connectivity index (χ0n) is 19.3. The summed E-state index contributed by atoms with van der Waals surface area (Å²) in [5, 5.41) is 6.34. The number of amides is 1. The van der Waals surface area contributed by atoms with Gasteiger partial charge in [0, 0.05) is 0 Å². The maximum Gasteiger partial charge on any atom is 0.244 e. The predicted molar refractivity (Wildman–Crippen MR) is 138 cm³/mol. The van der Waals surface area contributed by atoms with Gasteiger partial charge in [-0.2, -0.15) is 5.10 Å². The Morgan fingerprint density at radius 3 is 2.67 bits per heavy atom. The van der Waals surface area contributed by atoms with Gasteiger partial charge >= 0.3 is 0 Å². The largest absolute Gasteiger partial charge is 0.490 e. The van der Waals surface area contributed by atoms with Crippen LogP contribution in [0.1, 0.15) is 50.7 Å². The molecule has 0 spiro atoms. The lowest BCUT2D eigenvalue weighted by molar-refractivity contribution is -0.120. The molecular formula is C27H31BrN2O3. The van der Waals surface area contributed by atoms with Crippen molar-refractivity contribution in [1.82, 2.24) is 5.43 Å². The number of nitrogens with one attached hydrogen (secondary N) is 1. The van der Waals surface area contributed by atoms with Crippen LogP contribution in [0.4, 0.5) is 0 Å². The van der Waals surface area contributed by atoms with Crippen LogP contribution in [-0.2, 0) is 11.2 Å². The van der Waals surface area contributed by atoms with Gasteiger partial charge in [0.1, 0.15) is 0 Å². The van der Waals surface area contributed by atoms with E-state index in [1.165, 1.54) is 12.8 Å². The number of ether oxygens (including phenoxy) is 2. The Morgan fingerprint density at radius 1 is 1.03 bits per heavy atom. The Hall–Kier alpha value is -2.86. The third-order valence-electron chi connectivity index (χ3n) is 5.21. The summed E-state index contributed by atoms with van der Waals surface area (Å²) in [6, 6.07) is 17.8. The summed E-state index contributed by atoms with van der Waals surface area (Å²) in [6.45, 7) is 5.31. The summed E-state index contributed by atoms with van der Waals surface area (Å²) < 4.78 is 12.6. The molecule has 6 heteroatoms. The third kappa shape index (κ3) is 7.32. The van der Waals surface area contributed by atoms with Gasteiger partial charge in [0.25, 0.3) is 0 Å². The van der Waals surface area contributed by atoms with Crippen molar-refractivity contribution < 1.29 is 14.3 Å². The molecular weight excluding hydrogens is 480 g/mol. The molecule has 0 aliphatic rings. The minimum Gasteiger partial charge on any atom is -0.490 e. The molecule has 0 fully saturated rings. The van der Waals surface area contributed by atoms with Crippen molar-refractivity contribution in [2.75, 3.05) is 13.2 Å². The highest BCUT2D eigenvalue weighted by molar-refractivity contribution is 9.10. The minimum atomic E-state index is -0.168. The first-order chi connectivity index (χ1) is 16.1. The fourth-order valence-corrected chi connectivity index (χ4v) is 4.18. The lowest BCUT2D eigenvalue weighted by atomic mass is 10.0. The second kappa shape index (κ2) is 13.0. The zero-order valence-corrected chi connectivity index (χ0v) is 20.9. The normalized spacial score (nSPS) is 11.1. The molecule has 3 aromatic rings. The molecule has 174 valence electrons. The van der Waals surface area contributed by atoms with Crippen molar-refractivity contribution in [3.63, 3.8) is 0 Å². The van der Waals surface area contributed by atoms with E-state index in [-0.39, 0.29) is 12.3 Å². The molecule has 0 saturated heterocycles. The lowest BCUT2D eigenvalue weighted by Crippen LogP contribution is -2.19. The Bertz CT molecular complexity index is 1090. The van der Waals surface area contributed by atoms with E-state index in [0.717, 1.165) is 39.2 Å². The van der Waals surface area contributed by atoms with E-state index in [9.17, 15) is 4.79 Å². The highest BCUT2D eigenvalue weighted by atomic mass is 79.9. The molecule has 0 unspecified atom stereocenters. The van der Waals surface area contributed by atoms with Crippen molar-refractivity contribution in [2.24, 2.45) is 5.10 Å². The maximum atomic E-state index is 12.5. The van der Waals surface area contributed by atoms with Crippen LogP contribution in [0, 0.1) is 0 Å². The average Bonchev–Trinajstić information content (AvgIpc) is 2.81. The molecule has 0 radical (unpaired) electrons. The van der Waals surface area contributed by atoms with Gasteiger partial charge in [0.05, 0.1) is 30.3 Å². The van der Waals surface area contributed by atoms with E-state index in [2.05, 4.69) is 33.4 Å². The highest BCUT2D eigenvalue weighted by Gasteiger charge is 2.12. The Balaban J connectivity index is 1.63. The molecule has 5 nitrogen and oxygen atoms in total. The van der Waals surface area contributed by atoms with Gasteiger partial charge in [0.2, 0.25) is 5.91 Å². The molecule has 0 aromatic heterocycles. The van der Waals surface area contributed by atoms with E-state index in [1.54, 1.807) is 6.21 Å². The molecule has 0 aliphatic carbocycles. The molecule has 0 saturated carbocycles. The summed E-state index contributed by atoms with van der Waals surface area (Å²) in [5.41, 5.74) is 4.40. The van der Waals surface area contributed by atoms with Crippen LogP contribution < -0.4 is 14.9 Å². The summed E-state index contributed by atoms with van der Waals surface area (Å²) in [4.78, 5) is 12.5. The van der Waals surface area contributed by atoms with Gasteiger partial charge in [-0.3, -0.25) is 4.79 Å². The molecule has 1 amide bonds. The molecule has 0 aliphatic heterocycles. The molecule has 3 rings (SSSR count). The van der Waals surface area contributed by atoms with Gasteiger partial charge in [0.15, 0.2) is 11.5 Å². The van der Waals surface area contributed by atoms with Crippen LogP contribution in [0.15, 0.2) is 64.2 Å². The fourth-order valence-electron chi connectivity index (χ4n) is 3.61. The first kappa shape index (κ1) is 24.8. The monoisotopic (exact) mass is 510 g/mol. The Labute approximate surface area is 204 Å². The summed E-state index contributed by atoms with van der Waals surface area (Å²) in [6.07, 6.45) is 6.45. The van der Waals surface area contributed by atoms with E-state index < -0.39 is 0 Å². The predicted octanol–water partition coefficient (Wildman–Crippen LogP) is 6.65. The van der Waals surface area contributed by atoms with Gasteiger partial charge in [-0.05, 0) is 63.3 Å². The van der Waals surface area contributed by atoms with Gasteiger partial charge in [-0.25, -0.2) is 5.43 Å². The van der Waals surface area contributed by atoms with Crippen LogP contribution in [0.3, 0.4) is 0 Å². The number of benzene rings is 3. The van der Waals surface area contributed by atoms with Crippen LogP contribution >= 0.6 is 15.9 Å². The lowest BCUT2D eigenvalue weighted by Gasteiger charge is -2.14. The van der Waals surface area contributed by atoms with Crippen molar-refractivity contribution in [3.8, 4) is 11.5 Å². The van der Waals surface area contributed by atoms with Crippen molar-refractivity contribution in [3.05, 3.63) is 70.2 Å². The van der Waals surface area contributed by atoms with Gasteiger partial charge in [-0.15, -0.1) is 0 Å². The summed E-state index contributed by atoms with van der Waals surface area (Å²) in [5.74, 6) is 1.19. The highest BCUT2D eigenvalue weighted by Crippen LogP contribution is 2.36. The van der Waals surface area contributed by atoms with Crippen molar-refractivity contribution in [1.29, 1.82) is 0 Å². The standard InChI is InChI=1S/C27H31BrN2O3/c1-3-5-6-9-15-33-27-24(28)16-20(17-25(27)32-4-2)19-29-30-26(31)18-22-13-10-12-21-11-7-8-14-23(21)22/h7-8,10-14,16-17,19H,3-6,9,15,18H2,1-2H3,(H,30,31)/b29-19+. The van der Waals surface area contributed by atoms with Crippen LogP contribution in [0.5, 0.6) is 11.5 Å². The number of carbonyl (C=O) groups excluding carboxylic acids is 1.